The van der Waals surface area contributed by atoms with Crippen molar-refractivity contribution in [3.8, 4) is 0 Å². The molecule has 88 valence electrons. The quantitative estimate of drug-likeness (QED) is 0.788. The summed E-state index contributed by atoms with van der Waals surface area (Å²) in [5.74, 6) is 0.125. The second kappa shape index (κ2) is 6.40. The second-order valence-electron chi connectivity index (χ2n) is 4.11. The molecule has 1 rings (SSSR count). The first-order valence-corrected chi connectivity index (χ1v) is 5.64. The number of hydrogen-bond donors (Lipinski definition) is 1. The van der Waals surface area contributed by atoms with Crippen LogP contribution in [-0.4, -0.2) is 30.3 Å². The summed E-state index contributed by atoms with van der Waals surface area (Å²) >= 11 is 0. The van der Waals surface area contributed by atoms with Gasteiger partial charge in [-0.2, -0.15) is 0 Å². The summed E-state index contributed by atoms with van der Waals surface area (Å²) in [7, 11) is 1.98. The Bertz CT molecular complexity index is 324. The largest absolute Gasteiger partial charge is 0.320 e. The van der Waals surface area contributed by atoms with Crippen LogP contribution in [0, 0.1) is 0 Å². The Hall–Kier alpha value is -1.19. The lowest BCUT2D eigenvalue weighted by Gasteiger charge is -2.20. The fraction of sp³-hybridized carbons (Fsp3) is 0.462. The molecular formula is C13H20N2O. The van der Waals surface area contributed by atoms with E-state index in [1.165, 1.54) is 5.56 Å². The van der Waals surface area contributed by atoms with Gasteiger partial charge in [0.05, 0.1) is 6.04 Å². The van der Waals surface area contributed by atoms with Crippen LogP contribution in [0.15, 0.2) is 30.3 Å². The fourth-order valence-electron chi connectivity index (χ4n) is 1.66. The molecule has 0 saturated heterocycles. The molecular weight excluding hydrogens is 200 g/mol. The number of ketones is 1. The third-order valence-electron chi connectivity index (χ3n) is 2.57. The van der Waals surface area contributed by atoms with E-state index < -0.39 is 0 Å². The lowest BCUT2D eigenvalue weighted by Crippen LogP contribution is -2.40. The van der Waals surface area contributed by atoms with Gasteiger partial charge in [-0.3, -0.25) is 4.79 Å². The summed E-state index contributed by atoms with van der Waals surface area (Å²) in [6.45, 7) is 3.28. The second-order valence-corrected chi connectivity index (χ2v) is 4.11. The van der Waals surface area contributed by atoms with Gasteiger partial charge < -0.3 is 10.6 Å². The van der Waals surface area contributed by atoms with E-state index in [2.05, 4.69) is 17.0 Å². The average molecular weight is 220 g/mol. The van der Waals surface area contributed by atoms with Gasteiger partial charge in [0.15, 0.2) is 5.78 Å². The van der Waals surface area contributed by atoms with Crippen molar-refractivity contribution in [3.05, 3.63) is 35.9 Å². The number of hydrogen-bond acceptors (Lipinski definition) is 3. The molecule has 3 nitrogen and oxygen atoms in total. The minimum atomic E-state index is -0.362. The highest BCUT2D eigenvalue weighted by atomic mass is 16.1. The fourth-order valence-corrected chi connectivity index (χ4v) is 1.66. The highest BCUT2D eigenvalue weighted by molar-refractivity contribution is 5.83. The van der Waals surface area contributed by atoms with Gasteiger partial charge >= 0.3 is 0 Å². The normalized spacial score (nSPS) is 12.8. The first-order valence-electron chi connectivity index (χ1n) is 5.64. The molecule has 2 N–H and O–H groups in total. The summed E-state index contributed by atoms with van der Waals surface area (Å²) in [6, 6.07) is 9.81. The Balaban J connectivity index is 2.42. The van der Waals surface area contributed by atoms with Gasteiger partial charge in [0.1, 0.15) is 0 Å². The van der Waals surface area contributed by atoms with Crippen molar-refractivity contribution in [3.63, 3.8) is 0 Å². The molecule has 0 aliphatic heterocycles. The van der Waals surface area contributed by atoms with Crippen LogP contribution in [0.2, 0.25) is 0 Å². The van der Waals surface area contributed by atoms with Gasteiger partial charge in [-0.1, -0.05) is 37.3 Å². The maximum atomic E-state index is 11.3. The summed E-state index contributed by atoms with van der Waals surface area (Å²) < 4.78 is 0. The molecule has 3 heteroatoms. The van der Waals surface area contributed by atoms with E-state index in [4.69, 9.17) is 5.73 Å². The molecule has 0 aromatic heterocycles. The molecule has 0 aliphatic rings. The van der Waals surface area contributed by atoms with Crippen LogP contribution in [0.1, 0.15) is 18.9 Å². The molecule has 1 aromatic rings. The number of rotatable bonds is 6. The van der Waals surface area contributed by atoms with Gasteiger partial charge in [-0.15, -0.1) is 0 Å². The van der Waals surface area contributed by atoms with E-state index >= 15 is 0 Å². The Morgan fingerprint density at radius 2 is 2.00 bits per heavy atom. The summed E-state index contributed by atoms with van der Waals surface area (Å²) in [4.78, 5) is 13.4. The van der Waals surface area contributed by atoms with E-state index in [1.807, 2.05) is 32.2 Å². The highest BCUT2D eigenvalue weighted by Crippen LogP contribution is 2.03. The predicted molar refractivity (Wildman–Crippen MR) is 66.0 cm³/mol. The maximum Gasteiger partial charge on any atom is 0.150 e. The molecule has 0 fully saturated rings. The molecule has 0 amide bonds. The van der Waals surface area contributed by atoms with Crippen molar-refractivity contribution in [1.29, 1.82) is 0 Å². The smallest absolute Gasteiger partial charge is 0.150 e. The Morgan fingerprint density at radius 1 is 1.38 bits per heavy atom. The number of nitrogens with zero attached hydrogens (tertiary/aromatic N) is 1. The van der Waals surface area contributed by atoms with Crippen LogP contribution >= 0.6 is 0 Å². The third kappa shape index (κ3) is 4.13. The molecule has 0 spiro atoms. The molecule has 1 atom stereocenters. The van der Waals surface area contributed by atoms with Crippen LogP contribution in [0.25, 0.3) is 0 Å². The molecule has 0 radical (unpaired) electrons. The first-order chi connectivity index (χ1) is 7.63. The number of carbonyl (C=O) groups excluding carboxylic acids is 1. The van der Waals surface area contributed by atoms with Crippen LogP contribution in [0.3, 0.4) is 0 Å². The monoisotopic (exact) mass is 220 g/mol. The minimum absolute atomic E-state index is 0.125. The molecule has 16 heavy (non-hydrogen) atoms. The number of carbonyl (C=O) groups is 1. The van der Waals surface area contributed by atoms with Crippen LogP contribution in [-0.2, 0) is 11.3 Å². The molecule has 0 bridgehead atoms. The number of Topliss-reactive ketones (excluding diaryl/α,β-unsaturated/α-hetero) is 1. The molecule has 1 aromatic carbocycles. The van der Waals surface area contributed by atoms with Gasteiger partial charge in [-0.05, 0) is 12.6 Å². The van der Waals surface area contributed by atoms with Crippen LogP contribution < -0.4 is 5.73 Å². The van der Waals surface area contributed by atoms with Gasteiger partial charge in [0.2, 0.25) is 0 Å². The van der Waals surface area contributed by atoms with E-state index in [0.717, 1.165) is 6.54 Å². The van der Waals surface area contributed by atoms with Gasteiger partial charge in [0, 0.05) is 19.5 Å². The lowest BCUT2D eigenvalue weighted by molar-refractivity contribution is -0.120. The van der Waals surface area contributed by atoms with Gasteiger partial charge in [0.25, 0.3) is 0 Å². The topological polar surface area (TPSA) is 46.3 Å². The van der Waals surface area contributed by atoms with E-state index in [0.29, 0.717) is 13.0 Å². The Morgan fingerprint density at radius 3 is 2.56 bits per heavy atom. The number of benzene rings is 1. The zero-order chi connectivity index (χ0) is 12.0. The van der Waals surface area contributed by atoms with E-state index in [-0.39, 0.29) is 11.8 Å². The van der Waals surface area contributed by atoms with Crippen LogP contribution in [0.4, 0.5) is 0 Å². The Kier molecular flexibility index (Phi) is 5.15. The third-order valence-corrected chi connectivity index (χ3v) is 2.57. The first kappa shape index (κ1) is 12.9. The molecule has 0 saturated carbocycles. The van der Waals surface area contributed by atoms with Crippen molar-refractivity contribution in [2.45, 2.75) is 25.9 Å². The predicted octanol–water partition coefficient (Wildman–Crippen LogP) is 1.42. The minimum Gasteiger partial charge on any atom is -0.320 e. The van der Waals surface area contributed by atoms with Crippen molar-refractivity contribution in [1.82, 2.24) is 4.90 Å². The molecule has 0 heterocycles. The number of nitrogens with two attached hydrogens (primary N) is 1. The van der Waals surface area contributed by atoms with Crippen molar-refractivity contribution in [2.75, 3.05) is 13.6 Å². The average Bonchev–Trinajstić information content (AvgIpc) is 2.29. The van der Waals surface area contributed by atoms with Crippen LogP contribution in [0.5, 0.6) is 0 Å². The zero-order valence-corrected chi connectivity index (χ0v) is 10.0. The van der Waals surface area contributed by atoms with Crippen molar-refractivity contribution in [2.24, 2.45) is 5.73 Å². The standard InChI is InChI=1S/C13H20N2O/c1-3-13(16)12(14)10-15(2)9-11-7-5-4-6-8-11/h4-8,12H,3,9-10,14H2,1-2H3. The highest BCUT2D eigenvalue weighted by Gasteiger charge is 2.13. The SMILES string of the molecule is CCC(=O)C(N)CN(C)Cc1ccccc1. The summed E-state index contributed by atoms with van der Waals surface area (Å²) in [5, 5.41) is 0. The lowest BCUT2D eigenvalue weighted by atomic mass is 10.1. The maximum absolute atomic E-state index is 11.3. The molecule has 0 aliphatic carbocycles. The van der Waals surface area contributed by atoms with Crippen molar-refractivity contribution >= 4 is 5.78 Å². The molecule has 1 unspecified atom stereocenters. The zero-order valence-electron chi connectivity index (χ0n) is 10.0. The summed E-state index contributed by atoms with van der Waals surface area (Å²) in [5.41, 5.74) is 7.03. The van der Waals surface area contributed by atoms with Crippen molar-refractivity contribution < 1.29 is 4.79 Å². The number of likely N-dealkylation sites (N-methyl/N-ethyl adjacent to an activating group) is 1. The van der Waals surface area contributed by atoms with E-state index in [1.54, 1.807) is 0 Å². The van der Waals surface area contributed by atoms with E-state index in [9.17, 15) is 4.79 Å². The Labute approximate surface area is 97.2 Å². The van der Waals surface area contributed by atoms with Gasteiger partial charge in [-0.25, -0.2) is 0 Å². The summed E-state index contributed by atoms with van der Waals surface area (Å²) in [6.07, 6.45) is 0.514.